The van der Waals surface area contributed by atoms with Crippen molar-refractivity contribution < 1.29 is 4.74 Å². The summed E-state index contributed by atoms with van der Waals surface area (Å²) in [5.41, 5.74) is 5.40. The molecule has 1 aliphatic heterocycles. The fraction of sp³-hybridized carbons (Fsp3) is 0.478. The highest BCUT2D eigenvalue weighted by Gasteiger charge is 2.16. The van der Waals surface area contributed by atoms with E-state index in [0.29, 0.717) is 5.88 Å². The number of aryl methyl sites for hydroxylation is 2. The zero-order valence-corrected chi connectivity index (χ0v) is 17.2. The summed E-state index contributed by atoms with van der Waals surface area (Å²) >= 11 is 0. The number of para-hydroxylation sites is 1. The number of hydrogen-bond acceptors (Lipinski definition) is 4. The van der Waals surface area contributed by atoms with E-state index in [1.54, 1.807) is 0 Å². The number of fused-ring (bicyclic) bond motifs is 1. The quantitative estimate of drug-likeness (QED) is 0.629. The van der Waals surface area contributed by atoms with E-state index in [4.69, 9.17) is 9.72 Å². The predicted molar refractivity (Wildman–Crippen MR) is 114 cm³/mol. The zero-order valence-electron chi connectivity index (χ0n) is 17.2. The summed E-state index contributed by atoms with van der Waals surface area (Å²) in [6.45, 7) is 7.37. The van der Waals surface area contributed by atoms with Crippen molar-refractivity contribution in [1.29, 1.82) is 0 Å². The van der Waals surface area contributed by atoms with Gasteiger partial charge in [-0.2, -0.15) is 0 Å². The third-order valence-electron chi connectivity index (χ3n) is 5.90. The number of hydrogen-bond donors (Lipinski definition) is 1. The van der Waals surface area contributed by atoms with Gasteiger partial charge in [-0.3, -0.25) is 0 Å². The lowest BCUT2D eigenvalue weighted by atomic mass is 9.93. The first kappa shape index (κ1) is 18.9. The van der Waals surface area contributed by atoms with Gasteiger partial charge in [-0.15, -0.1) is 0 Å². The van der Waals surface area contributed by atoms with Crippen molar-refractivity contribution in [1.82, 2.24) is 19.9 Å². The largest absolute Gasteiger partial charge is 0.478 e. The molecule has 2 aromatic heterocycles. The van der Waals surface area contributed by atoms with E-state index < -0.39 is 0 Å². The van der Waals surface area contributed by atoms with Crippen LogP contribution >= 0.6 is 0 Å². The predicted octanol–water partition coefficient (Wildman–Crippen LogP) is 4.74. The number of rotatable bonds is 6. The van der Waals surface area contributed by atoms with Crippen molar-refractivity contribution in [2.75, 3.05) is 26.7 Å². The Labute approximate surface area is 167 Å². The van der Waals surface area contributed by atoms with Gasteiger partial charge in [0.15, 0.2) is 0 Å². The Kier molecular flexibility index (Phi) is 5.62. The lowest BCUT2D eigenvalue weighted by Gasteiger charge is -2.28. The summed E-state index contributed by atoms with van der Waals surface area (Å²) < 4.78 is 5.92. The summed E-state index contributed by atoms with van der Waals surface area (Å²) in [5.74, 6) is 2.42. The average molecular weight is 379 g/mol. The number of likely N-dealkylation sites (tertiary alicyclic amines) is 1. The lowest BCUT2D eigenvalue weighted by Crippen LogP contribution is -2.30. The molecule has 3 aromatic rings. The van der Waals surface area contributed by atoms with Gasteiger partial charge in [-0.1, -0.05) is 12.1 Å². The van der Waals surface area contributed by atoms with Gasteiger partial charge >= 0.3 is 0 Å². The maximum Gasteiger partial charge on any atom is 0.213 e. The Morgan fingerprint density at radius 1 is 1.18 bits per heavy atom. The van der Waals surface area contributed by atoms with Crippen LogP contribution in [-0.4, -0.2) is 46.6 Å². The second kappa shape index (κ2) is 8.31. The summed E-state index contributed by atoms with van der Waals surface area (Å²) in [6.07, 6.45) is 6.86. The van der Waals surface area contributed by atoms with Crippen LogP contribution in [0.5, 0.6) is 5.88 Å². The van der Waals surface area contributed by atoms with Crippen molar-refractivity contribution in [3.8, 4) is 17.3 Å². The third kappa shape index (κ3) is 4.20. The van der Waals surface area contributed by atoms with Gasteiger partial charge in [-0.25, -0.2) is 9.97 Å². The van der Waals surface area contributed by atoms with E-state index in [0.717, 1.165) is 46.9 Å². The van der Waals surface area contributed by atoms with Gasteiger partial charge < -0.3 is 14.6 Å². The van der Waals surface area contributed by atoms with E-state index in [9.17, 15) is 0 Å². The van der Waals surface area contributed by atoms with E-state index in [2.05, 4.69) is 47.9 Å². The van der Waals surface area contributed by atoms with E-state index in [1.165, 1.54) is 37.9 Å². The van der Waals surface area contributed by atoms with Crippen LogP contribution < -0.4 is 4.74 Å². The minimum Gasteiger partial charge on any atom is -0.478 e. The van der Waals surface area contributed by atoms with Crippen molar-refractivity contribution in [3.05, 3.63) is 41.6 Å². The van der Waals surface area contributed by atoms with Gasteiger partial charge in [0.05, 0.1) is 17.6 Å². The number of benzene rings is 1. The molecule has 3 heterocycles. The maximum atomic E-state index is 5.92. The molecule has 1 fully saturated rings. The molecule has 1 aliphatic rings. The van der Waals surface area contributed by atoms with Crippen LogP contribution in [0.15, 0.2) is 30.5 Å². The van der Waals surface area contributed by atoms with Crippen molar-refractivity contribution >= 4 is 11.0 Å². The second-order valence-electron chi connectivity index (χ2n) is 8.13. The normalized spacial score (nSPS) is 16.0. The molecule has 0 spiro atoms. The standard InChI is InChI=1S/C23H30N4O/c1-16-6-4-8-20-22(16)26-23(25-20)19-15-24-21(14-17(19)2)28-13-5-7-18-9-11-27(3)12-10-18/h4,6,8,14-15,18H,5,7,9-13H2,1-3H3,(H,25,26). The van der Waals surface area contributed by atoms with Crippen LogP contribution in [0, 0.1) is 19.8 Å². The SMILES string of the molecule is Cc1cc(OCCCC2CCN(C)CC2)ncc1-c1nc2c(C)cccc2[nH]1. The molecule has 0 amide bonds. The molecular weight excluding hydrogens is 348 g/mol. The third-order valence-corrected chi connectivity index (χ3v) is 5.90. The number of aromatic amines is 1. The van der Waals surface area contributed by atoms with Gasteiger partial charge in [-0.05, 0) is 82.8 Å². The van der Waals surface area contributed by atoms with Crippen LogP contribution in [-0.2, 0) is 0 Å². The Balaban J connectivity index is 1.35. The van der Waals surface area contributed by atoms with Crippen LogP contribution in [0.2, 0.25) is 0 Å². The highest BCUT2D eigenvalue weighted by molar-refractivity contribution is 5.82. The average Bonchev–Trinajstić information content (AvgIpc) is 3.12. The Hall–Kier alpha value is -2.40. The number of nitrogens with zero attached hydrogens (tertiary/aromatic N) is 3. The van der Waals surface area contributed by atoms with Gasteiger partial charge in [0.1, 0.15) is 5.82 Å². The van der Waals surface area contributed by atoms with Crippen molar-refractivity contribution in [2.24, 2.45) is 5.92 Å². The van der Waals surface area contributed by atoms with Crippen LogP contribution in [0.4, 0.5) is 0 Å². The van der Waals surface area contributed by atoms with Crippen LogP contribution in [0.3, 0.4) is 0 Å². The number of aromatic nitrogens is 3. The molecule has 5 nitrogen and oxygen atoms in total. The summed E-state index contributed by atoms with van der Waals surface area (Å²) in [5, 5.41) is 0. The number of H-pyrrole nitrogens is 1. The molecule has 0 aliphatic carbocycles. The Bertz CT molecular complexity index is 941. The Morgan fingerprint density at radius 3 is 2.75 bits per heavy atom. The first-order valence-electron chi connectivity index (χ1n) is 10.3. The first-order chi connectivity index (χ1) is 13.6. The highest BCUT2D eigenvalue weighted by atomic mass is 16.5. The molecule has 1 aromatic carbocycles. The topological polar surface area (TPSA) is 54.0 Å². The molecule has 148 valence electrons. The highest BCUT2D eigenvalue weighted by Crippen LogP contribution is 2.26. The molecule has 5 heteroatoms. The minimum absolute atomic E-state index is 0.705. The molecule has 1 saturated heterocycles. The van der Waals surface area contributed by atoms with Gasteiger partial charge in [0.2, 0.25) is 5.88 Å². The van der Waals surface area contributed by atoms with E-state index in [1.807, 2.05) is 18.3 Å². The smallest absolute Gasteiger partial charge is 0.213 e. The Morgan fingerprint density at radius 2 is 2.00 bits per heavy atom. The number of piperidine rings is 1. The summed E-state index contributed by atoms with van der Waals surface area (Å²) in [6, 6.07) is 8.21. The van der Waals surface area contributed by atoms with Gasteiger partial charge in [0.25, 0.3) is 0 Å². The molecule has 28 heavy (non-hydrogen) atoms. The molecule has 0 unspecified atom stereocenters. The van der Waals surface area contributed by atoms with Crippen molar-refractivity contribution in [2.45, 2.75) is 39.5 Å². The number of imidazole rings is 1. The summed E-state index contributed by atoms with van der Waals surface area (Å²) in [4.78, 5) is 15.1. The molecule has 1 N–H and O–H groups in total. The fourth-order valence-corrected chi connectivity index (χ4v) is 4.06. The number of ether oxygens (including phenoxy) is 1. The fourth-order valence-electron chi connectivity index (χ4n) is 4.06. The molecule has 0 atom stereocenters. The van der Waals surface area contributed by atoms with E-state index in [-0.39, 0.29) is 0 Å². The molecule has 0 bridgehead atoms. The first-order valence-corrected chi connectivity index (χ1v) is 10.3. The van der Waals surface area contributed by atoms with Crippen LogP contribution in [0.1, 0.15) is 36.8 Å². The maximum absolute atomic E-state index is 5.92. The molecular formula is C23H30N4O. The second-order valence-corrected chi connectivity index (χ2v) is 8.13. The zero-order chi connectivity index (χ0) is 19.5. The number of pyridine rings is 1. The lowest BCUT2D eigenvalue weighted by molar-refractivity contribution is 0.199. The summed E-state index contributed by atoms with van der Waals surface area (Å²) in [7, 11) is 2.21. The van der Waals surface area contributed by atoms with Crippen LogP contribution in [0.25, 0.3) is 22.4 Å². The van der Waals surface area contributed by atoms with E-state index >= 15 is 0 Å². The minimum atomic E-state index is 0.705. The molecule has 0 radical (unpaired) electrons. The van der Waals surface area contributed by atoms with Gasteiger partial charge in [0, 0.05) is 17.8 Å². The number of nitrogens with one attached hydrogen (secondary N) is 1. The molecule has 0 saturated carbocycles. The van der Waals surface area contributed by atoms with Crippen molar-refractivity contribution in [3.63, 3.8) is 0 Å². The molecule has 4 rings (SSSR count). The monoisotopic (exact) mass is 378 g/mol.